The van der Waals surface area contributed by atoms with Crippen LogP contribution >= 0.6 is 0 Å². The molecule has 7 nitrogen and oxygen atoms in total. The highest BCUT2D eigenvalue weighted by atomic mass is 16.6. The lowest BCUT2D eigenvalue weighted by atomic mass is 10.2. The van der Waals surface area contributed by atoms with Crippen LogP contribution in [0.5, 0.6) is 0 Å². The number of rotatable bonds is 4. The number of pyridine rings is 1. The SMILES string of the molecule is O=[N+]([O-])c1ccc2nc(NCC3COCCO3)ccc2c1. The Morgan fingerprint density at radius 2 is 2.24 bits per heavy atom. The van der Waals surface area contributed by atoms with E-state index in [-0.39, 0.29) is 11.8 Å². The van der Waals surface area contributed by atoms with Gasteiger partial charge in [-0.05, 0) is 18.2 Å². The van der Waals surface area contributed by atoms with E-state index in [1.807, 2.05) is 6.07 Å². The lowest BCUT2D eigenvalue weighted by molar-refractivity contribution is -0.384. The largest absolute Gasteiger partial charge is 0.376 e. The molecule has 21 heavy (non-hydrogen) atoms. The van der Waals surface area contributed by atoms with Gasteiger partial charge < -0.3 is 14.8 Å². The Labute approximate surface area is 121 Å². The number of hydrogen-bond acceptors (Lipinski definition) is 6. The third-order valence-electron chi connectivity index (χ3n) is 3.28. The van der Waals surface area contributed by atoms with Crippen LogP contribution in [-0.4, -0.2) is 42.4 Å². The molecule has 1 aliphatic rings. The lowest BCUT2D eigenvalue weighted by Crippen LogP contribution is -2.34. The monoisotopic (exact) mass is 289 g/mol. The quantitative estimate of drug-likeness (QED) is 0.684. The van der Waals surface area contributed by atoms with Crippen molar-refractivity contribution in [2.24, 2.45) is 0 Å². The summed E-state index contributed by atoms with van der Waals surface area (Å²) in [4.78, 5) is 14.8. The van der Waals surface area contributed by atoms with E-state index in [2.05, 4.69) is 10.3 Å². The Hall–Kier alpha value is -2.25. The van der Waals surface area contributed by atoms with Crippen LogP contribution in [-0.2, 0) is 9.47 Å². The second-order valence-electron chi connectivity index (χ2n) is 4.78. The average molecular weight is 289 g/mol. The average Bonchev–Trinajstić information content (AvgIpc) is 2.53. The van der Waals surface area contributed by atoms with Crippen LogP contribution in [0.15, 0.2) is 30.3 Å². The molecule has 0 amide bonds. The smallest absolute Gasteiger partial charge is 0.270 e. The van der Waals surface area contributed by atoms with Crippen molar-refractivity contribution in [1.82, 2.24) is 4.98 Å². The van der Waals surface area contributed by atoms with Crippen molar-refractivity contribution < 1.29 is 14.4 Å². The number of non-ortho nitro benzene ring substituents is 1. The topological polar surface area (TPSA) is 86.5 Å². The van der Waals surface area contributed by atoms with Crippen molar-refractivity contribution in [2.75, 3.05) is 31.7 Å². The summed E-state index contributed by atoms with van der Waals surface area (Å²) < 4.78 is 10.9. The Morgan fingerprint density at radius 1 is 1.33 bits per heavy atom. The van der Waals surface area contributed by atoms with Gasteiger partial charge in [0.15, 0.2) is 0 Å². The summed E-state index contributed by atoms with van der Waals surface area (Å²) in [6, 6.07) is 8.24. The molecule has 1 fully saturated rings. The molecule has 1 aromatic heterocycles. The fraction of sp³-hybridized carbons (Fsp3) is 0.357. The Morgan fingerprint density at radius 3 is 3.00 bits per heavy atom. The van der Waals surface area contributed by atoms with Crippen LogP contribution in [0, 0.1) is 10.1 Å². The van der Waals surface area contributed by atoms with E-state index >= 15 is 0 Å². The van der Waals surface area contributed by atoms with E-state index in [1.165, 1.54) is 12.1 Å². The number of nitro groups is 1. The second-order valence-corrected chi connectivity index (χ2v) is 4.78. The second kappa shape index (κ2) is 6.02. The maximum absolute atomic E-state index is 10.7. The van der Waals surface area contributed by atoms with E-state index in [9.17, 15) is 10.1 Å². The standard InChI is InChI=1S/C14H15N3O4/c18-17(19)11-2-3-13-10(7-11)1-4-14(16-13)15-8-12-9-20-5-6-21-12/h1-4,7,12H,5-6,8-9H2,(H,15,16). The first-order valence-electron chi connectivity index (χ1n) is 6.71. The third-order valence-corrected chi connectivity index (χ3v) is 3.28. The summed E-state index contributed by atoms with van der Waals surface area (Å²) in [6.45, 7) is 2.45. The molecular formula is C14H15N3O4. The minimum absolute atomic E-state index is 0.0214. The molecule has 1 aromatic carbocycles. The molecule has 0 saturated carbocycles. The third kappa shape index (κ3) is 3.26. The summed E-state index contributed by atoms with van der Waals surface area (Å²) in [7, 11) is 0. The van der Waals surface area contributed by atoms with Crippen molar-refractivity contribution >= 4 is 22.4 Å². The first-order valence-corrected chi connectivity index (χ1v) is 6.71. The van der Waals surface area contributed by atoms with E-state index in [0.717, 1.165) is 5.39 Å². The molecule has 0 radical (unpaired) electrons. The van der Waals surface area contributed by atoms with E-state index in [4.69, 9.17) is 9.47 Å². The van der Waals surface area contributed by atoms with Gasteiger partial charge in [-0.15, -0.1) is 0 Å². The van der Waals surface area contributed by atoms with Crippen molar-refractivity contribution in [3.05, 3.63) is 40.4 Å². The summed E-state index contributed by atoms with van der Waals surface area (Å²) in [5, 5.41) is 14.7. The summed E-state index contributed by atoms with van der Waals surface area (Å²) in [5.41, 5.74) is 0.782. The van der Waals surface area contributed by atoms with Gasteiger partial charge in [0.1, 0.15) is 5.82 Å². The van der Waals surface area contributed by atoms with E-state index in [0.29, 0.717) is 37.7 Å². The Bertz CT molecular complexity index is 656. The molecular weight excluding hydrogens is 274 g/mol. The molecule has 2 aromatic rings. The van der Waals surface area contributed by atoms with Crippen LogP contribution in [0.4, 0.5) is 11.5 Å². The van der Waals surface area contributed by atoms with Crippen LogP contribution in [0.25, 0.3) is 10.9 Å². The van der Waals surface area contributed by atoms with Gasteiger partial charge in [-0.2, -0.15) is 0 Å². The van der Waals surface area contributed by atoms with Crippen molar-refractivity contribution in [2.45, 2.75) is 6.10 Å². The lowest BCUT2D eigenvalue weighted by Gasteiger charge is -2.23. The number of nitro benzene ring substituents is 1. The van der Waals surface area contributed by atoms with E-state index in [1.54, 1.807) is 12.1 Å². The Kier molecular flexibility index (Phi) is 3.94. The van der Waals surface area contributed by atoms with Crippen molar-refractivity contribution in [1.29, 1.82) is 0 Å². The molecule has 110 valence electrons. The fourth-order valence-corrected chi connectivity index (χ4v) is 2.20. The highest BCUT2D eigenvalue weighted by Crippen LogP contribution is 2.21. The molecule has 1 aliphatic heterocycles. The molecule has 1 saturated heterocycles. The zero-order valence-corrected chi connectivity index (χ0v) is 11.3. The summed E-state index contributed by atoms with van der Waals surface area (Å²) in [5.74, 6) is 0.713. The Balaban J connectivity index is 1.71. The van der Waals surface area contributed by atoms with Gasteiger partial charge in [0.05, 0.1) is 36.4 Å². The predicted molar refractivity (Wildman–Crippen MR) is 77.4 cm³/mol. The number of fused-ring (bicyclic) bond motifs is 1. The molecule has 1 atom stereocenters. The number of anilines is 1. The minimum Gasteiger partial charge on any atom is -0.376 e. The zero-order valence-electron chi connectivity index (χ0n) is 11.3. The molecule has 0 aliphatic carbocycles. The predicted octanol–water partition coefficient (Wildman–Crippen LogP) is 1.97. The van der Waals surface area contributed by atoms with Crippen LogP contribution in [0.1, 0.15) is 0 Å². The number of benzene rings is 1. The first kappa shape index (κ1) is 13.7. The van der Waals surface area contributed by atoms with Gasteiger partial charge in [-0.3, -0.25) is 10.1 Å². The zero-order chi connectivity index (χ0) is 14.7. The fourth-order valence-electron chi connectivity index (χ4n) is 2.20. The van der Waals surface area contributed by atoms with Crippen LogP contribution < -0.4 is 5.32 Å². The number of nitrogens with one attached hydrogen (secondary N) is 1. The van der Waals surface area contributed by atoms with Crippen molar-refractivity contribution in [3.8, 4) is 0 Å². The highest BCUT2D eigenvalue weighted by Gasteiger charge is 2.14. The molecule has 1 N–H and O–H groups in total. The van der Waals surface area contributed by atoms with Gasteiger partial charge in [0.25, 0.3) is 5.69 Å². The molecule has 0 bridgehead atoms. The molecule has 0 spiro atoms. The number of ether oxygens (including phenoxy) is 2. The summed E-state index contributed by atoms with van der Waals surface area (Å²) >= 11 is 0. The molecule has 3 rings (SSSR count). The van der Waals surface area contributed by atoms with Gasteiger partial charge in [0, 0.05) is 24.1 Å². The van der Waals surface area contributed by atoms with Gasteiger partial charge in [0.2, 0.25) is 0 Å². The first-order chi connectivity index (χ1) is 10.2. The number of aromatic nitrogens is 1. The maximum atomic E-state index is 10.7. The van der Waals surface area contributed by atoms with Gasteiger partial charge >= 0.3 is 0 Å². The number of hydrogen-bond donors (Lipinski definition) is 1. The number of nitrogens with zero attached hydrogens (tertiary/aromatic N) is 2. The highest BCUT2D eigenvalue weighted by molar-refractivity contribution is 5.82. The molecule has 1 unspecified atom stereocenters. The van der Waals surface area contributed by atoms with Crippen LogP contribution in [0.2, 0.25) is 0 Å². The molecule has 2 heterocycles. The summed E-state index contributed by atoms with van der Waals surface area (Å²) in [6.07, 6.45) is 0.0214. The maximum Gasteiger partial charge on any atom is 0.270 e. The van der Waals surface area contributed by atoms with Crippen LogP contribution in [0.3, 0.4) is 0 Å². The van der Waals surface area contributed by atoms with Crippen molar-refractivity contribution in [3.63, 3.8) is 0 Å². The van der Waals surface area contributed by atoms with E-state index < -0.39 is 4.92 Å². The van der Waals surface area contributed by atoms with Gasteiger partial charge in [-0.1, -0.05) is 0 Å². The molecule has 7 heteroatoms. The minimum atomic E-state index is -0.411. The normalized spacial score (nSPS) is 18.6. The van der Waals surface area contributed by atoms with Gasteiger partial charge in [-0.25, -0.2) is 4.98 Å².